The SMILES string of the molecule is CCOC1(OC2C[N+]23CCOCC3)C=CC2C(=C1)C(=O)c1ccccc12. The van der Waals surface area contributed by atoms with Crippen molar-refractivity contribution in [2.24, 2.45) is 0 Å². The average molecular weight is 354 g/mol. The molecule has 5 nitrogen and oxygen atoms in total. The molecule has 0 aromatic heterocycles. The van der Waals surface area contributed by atoms with Crippen LogP contribution in [0, 0.1) is 0 Å². The van der Waals surface area contributed by atoms with Gasteiger partial charge in [-0.2, -0.15) is 0 Å². The quantitative estimate of drug-likeness (QED) is 0.360. The Morgan fingerprint density at radius 3 is 2.88 bits per heavy atom. The number of carbonyl (C=O) groups is 1. The van der Waals surface area contributed by atoms with Gasteiger partial charge in [-0.1, -0.05) is 30.3 Å². The zero-order chi connectivity index (χ0) is 17.8. The van der Waals surface area contributed by atoms with Crippen molar-refractivity contribution in [3.63, 3.8) is 0 Å². The standard InChI is InChI=1S/C21H24NO4/c1-2-25-21(26-19-14-22(19)9-11-24-12-10-22)8-7-16-15-5-3-4-6-17(15)20(23)18(16)13-21/h3-8,13,16,19H,2,9-12,14H2,1H3/q+1. The number of Topliss-reactive ketones (excluding diaryl/α,β-unsaturated/α-hetero) is 1. The lowest BCUT2D eigenvalue weighted by Gasteiger charge is -2.33. The van der Waals surface area contributed by atoms with Crippen LogP contribution in [0.3, 0.4) is 0 Å². The topological polar surface area (TPSA) is 44.8 Å². The van der Waals surface area contributed by atoms with E-state index in [4.69, 9.17) is 14.2 Å². The number of nitrogens with zero attached hydrogens (tertiary/aromatic N) is 1. The Balaban J connectivity index is 1.44. The van der Waals surface area contributed by atoms with Gasteiger partial charge >= 0.3 is 0 Å². The molecule has 2 fully saturated rings. The Hall–Kier alpha value is -1.79. The van der Waals surface area contributed by atoms with Crippen LogP contribution in [-0.4, -0.2) is 61.7 Å². The highest BCUT2D eigenvalue weighted by atomic mass is 16.7. The lowest BCUT2D eigenvalue weighted by molar-refractivity contribution is -0.839. The van der Waals surface area contributed by atoms with Gasteiger partial charge in [0.2, 0.25) is 12.0 Å². The predicted octanol–water partition coefficient (Wildman–Crippen LogP) is 2.40. The summed E-state index contributed by atoms with van der Waals surface area (Å²) < 4.78 is 18.9. The van der Waals surface area contributed by atoms with Gasteiger partial charge in [-0.25, -0.2) is 0 Å². The Morgan fingerprint density at radius 2 is 2.08 bits per heavy atom. The molecule has 136 valence electrons. The summed E-state index contributed by atoms with van der Waals surface area (Å²) in [6.07, 6.45) is 6.09. The summed E-state index contributed by atoms with van der Waals surface area (Å²) in [5.74, 6) is -0.835. The van der Waals surface area contributed by atoms with Gasteiger partial charge in [-0.15, -0.1) is 0 Å². The normalized spacial score (nSPS) is 33.7. The van der Waals surface area contributed by atoms with E-state index in [1.165, 1.54) is 0 Å². The number of hydrogen-bond acceptors (Lipinski definition) is 4. The summed E-state index contributed by atoms with van der Waals surface area (Å²) in [6, 6.07) is 7.84. The summed E-state index contributed by atoms with van der Waals surface area (Å²) in [4.78, 5) is 12.9. The number of morpholine rings is 1. The van der Waals surface area contributed by atoms with Crippen LogP contribution in [0.4, 0.5) is 0 Å². The number of quaternary nitrogens is 1. The van der Waals surface area contributed by atoms with E-state index in [-0.39, 0.29) is 17.9 Å². The van der Waals surface area contributed by atoms with Crippen molar-refractivity contribution in [3.05, 3.63) is 59.2 Å². The number of ether oxygens (including phenoxy) is 3. The molecule has 2 aliphatic carbocycles. The average Bonchev–Trinajstić information content (AvgIpc) is 3.22. The van der Waals surface area contributed by atoms with E-state index in [1.807, 2.05) is 43.3 Å². The second-order valence-electron chi connectivity index (χ2n) is 7.54. The molecule has 1 aromatic rings. The lowest BCUT2D eigenvalue weighted by atomic mass is 9.90. The molecule has 0 N–H and O–H groups in total. The molecule has 3 unspecified atom stereocenters. The highest BCUT2D eigenvalue weighted by Crippen LogP contribution is 2.45. The van der Waals surface area contributed by atoms with Crippen LogP contribution in [0.2, 0.25) is 0 Å². The van der Waals surface area contributed by atoms with Crippen LogP contribution in [0.1, 0.15) is 28.8 Å². The van der Waals surface area contributed by atoms with E-state index in [9.17, 15) is 4.79 Å². The van der Waals surface area contributed by atoms with E-state index >= 15 is 0 Å². The predicted molar refractivity (Wildman–Crippen MR) is 95.6 cm³/mol. The molecule has 1 aromatic carbocycles. The van der Waals surface area contributed by atoms with Crippen LogP contribution in [0.25, 0.3) is 0 Å². The Morgan fingerprint density at radius 1 is 1.27 bits per heavy atom. The minimum Gasteiger partial charge on any atom is -0.370 e. The Kier molecular flexibility index (Phi) is 3.69. The molecular formula is C21H24NO4+. The summed E-state index contributed by atoms with van der Waals surface area (Å²) >= 11 is 0. The maximum absolute atomic E-state index is 12.9. The third kappa shape index (κ3) is 2.42. The molecule has 0 radical (unpaired) electrons. The molecule has 0 saturated carbocycles. The monoisotopic (exact) mass is 354 g/mol. The fourth-order valence-electron chi connectivity index (χ4n) is 4.52. The second kappa shape index (κ2) is 5.86. The van der Waals surface area contributed by atoms with Crippen molar-refractivity contribution in [2.75, 3.05) is 39.5 Å². The molecule has 2 aliphatic heterocycles. The number of allylic oxidation sites excluding steroid dienone is 2. The van der Waals surface area contributed by atoms with Crippen molar-refractivity contribution >= 4 is 5.78 Å². The lowest BCUT2D eigenvalue weighted by Crippen LogP contribution is -2.44. The minimum absolute atomic E-state index is 0.0154. The number of rotatable bonds is 4. The third-order valence-electron chi connectivity index (χ3n) is 6.06. The largest absolute Gasteiger partial charge is 0.370 e. The van der Waals surface area contributed by atoms with Crippen molar-refractivity contribution in [1.29, 1.82) is 0 Å². The molecule has 3 atom stereocenters. The first-order valence-electron chi connectivity index (χ1n) is 9.47. The Bertz CT molecular complexity index is 808. The molecule has 5 heteroatoms. The maximum Gasteiger partial charge on any atom is 0.247 e. The smallest absolute Gasteiger partial charge is 0.247 e. The zero-order valence-electron chi connectivity index (χ0n) is 15.0. The second-order valence-corrected chi connectivity index (χ2v) is 7.54. The summed E-state index contributed by atoms with van der Waals surface area (Å²) in [5, 5.41) is 0. The number of ketones is 1. The van der Waals surface area contributed by atoms with Gasteiger partial charge in [0.15, 0.2) is 12.3 Å². The molecule has 0 bridgehead atoms. The van der Waals surface area contributed by atoms with Crippen LogP contribution in [-0.2, 0) is 14.2 Å². The molecule has 2 saturated heterocycles. The summed E-state index contributed by atoms with van der Waals surface area (Å²) in [6.45, 7) is 7.02. The number of benzene rings is 1. The fraction of sp³-hybridized carbons (Fsp3) is 0.476. The van der Waals surface area contributed by atoms with Crippen molar-refractivity contribution < 1.29 is 23.5 Å². The fourth-order valence-corrected chi connectivity index (χ4v) is 4.52. The molecule has 4 aliphatic rings. The van der Waals surface area contributed by atoms with E-state index in [2.05, 4.69) is 6.08 Å². The van der Waals surface area contributed by atoms with Crippen LogP contribution in [0.5, 0.6) is 0 Å². The van der Waals surface area contributed by atoms with E-state index in [0.29, 0.717) is 6.61 Å². The van der Waals surface area contributed by atoms with Gasteiger partial charge in [0.05, 0.1) is 13.2 Å². The number of fused-ring (bicyclic) bond motifs is 3. The van der Waals surface area contributed by atoms with Gasteiger partial charge in [-0.3, -0.25) is 14.0 Å². The van der Waals surface area contributed by atoms with Gasteiger partial charge in [0.25, 0.3) is 0 Å². The van der Waals surface area contributed by atoms with Gasteiger partial charge in [-0.05, 0) is 24.6 Å². The van der Waals surface area contributed by atoms with Crippen molar-refractivity contribution in [2.45, 2.75) is 24.9 Å². The zero-order valence-corrected chi connectivity index (χ0v) is 15.0. The van der Waals surface area contributed by atoms with Gasteiger partial charge in [0.1, 0.15) is 13.1 Å². The third-order valence-corrected chi connectivity index (χ3v) is 6.06. The molecule has 1 spiro atoms. The van der Waals surface area contributed by atoms with E-state index < -0.39 is 5.79 Å². The first kappa shape index (κ1) is 16.4. The van der Waals surface area contributed by atoms with Crippen molar-refractivity contribution in [3.8, 4) is 0 Å². The molecule has 0 amide bonds. The van der Waals surface area contributed by atoms with Crippen LogP contribution >= 0.6 is 0 Å². The minimum atomic E-state index is -0.941. The van der Waals surface area contributed by atoms with Crippen LogP contribution in [0.15, 0.2) is 48.1 Å². The summed E-state index contributed by atoms with van der Waals surface area (Å²) in [5.41, 5.74) is 2.65. The molecule has 26 heavy (non-hydrogen) atoms. The number of carbonyl (C=O) groups excluding carboxylic acids is 1. The highest BCUT2D eigenvalue weighted by Gasteiger charge is 2.60. The highest BCUT2D eigenvalue weighted by molar-refractivity contribution is 6.15. The maximum atomic E-state index is 12.9. The number of hydrogen-bond donors (Lipinski definition) is 0. The molecule has 2 heterocycles. The van der Waals surface area contributed by atoms with E-state index in [0.717, 1.165) is 54.0 Å². The van der Waals surface area contributed by atoms with E-state index in [1.54, 1.807) is 0 Å². The first-order chi connectivity index (χ1) is 12.7. The van der Waals surface area contributed by atoms with Gasteiger partial charge in [0, 0.05) is 23.7 Å². The summed E-state index contributed by atoms with van der Waals surface area (Å²) in [7, 11) is 0. The molecule has 5 rings (SSSR count). The van der Waals surface area contributed by atoms with Gasteiger partial charge < -0.3 is 9.47 Å². The first-order valence-corrected chi connectivity index (χ1v) is 9.47. The Labute approximate surface area is 153 Å². The van der Waals surface area contributed by atoms with Crippen LogP contribution < -0.4 is 0 Å². The molecular weight excluding hydrogens is 330 g/mol. The van der Waals surface area contributed by atoms with Crippen molar-refractivity contribution in [1.82, 2.24) is 0 Å².